The highest BCUT2D eigenvalue weighted by Gasteiger charge is 2.48. The van der Waals surface area contributed by atoms with Crippen molar-refractivity contribution < 1.29 is 4.74 Å². The van der Waals surface area contributed by atoms with Crippen LogP contribution in [0.3, 0.4) is 0 Å². The smallest absolute Gasteiger partial charge is 0.119 e. The van der Waals surface area contributed by atoms with Crippen molar-refractivity contribution in [2.24, 2.45) is 0 Å². The number of piperidine rings is 1. The minimum absolute atomic E-state index is 0.0296. The molecule has 2 aliphatic rings. The molecule has 2 fully saturated rings. The quantitative estimate of drug-likeness (QED) is 0.735. The summed E-state index contributed by atoms with van der Waals surface area (Å²) in [7, 11) is 0. The maximum absolute atomic E-state index is 6.11. The average molecular weight is 231 g/mol. The summed E-state index contributed by atoms with van der Waals surface area (Å²) in [5.74, 6) is 0. The van der Waals surface area contributed by atoms with E-state index >= 15 is 0 Å². The summed E-state index contributed by atoms with van der Waals surface area (Å²) < 4.78 is 6.11. The first-order valence-corrected chi connectivity index (χ1v) is 6.68. The fraction of sp³-hybridized carbons (Fsp3) is 0.600. The predicted molar refractivity (Wildman–Crippen MR) is 68.7 cm³/mol. The lowest BCUT2D eigenvalue weighted by Crippen LogP contribution is -2.51. The van der Waals surface area contributed by atoms with Crippen LogP contribution in [0.5, 0.6) is 0 Å². The molecule has 2 heteroatoms. The number of benzene rings is 1. The van der Waals surface area contributed by atoms with Gasteiger partial charge in [0.15, 0.2) is 0 Å². The van der Waals surface area contributed by atoms with Crippen LogP contribution in [0.4, 0.5) is 0 Å². The second-order valence-corrected chi connectivity index (χ2v) is 5.56. The Bertz CT molecular complexity index is 391. The molecule has 92 valence electrons. The van der Waals surface area contributed by atoms with Gasteiger partial charge in [-0.1, -0.05) is 30.3 Å². The lowest BCUT2D eigenvalue weighted by Gasteiger charge is -2.44. The maximum Gasteiger partial charge on any atom is 0.119 e. The Balaban J connectivity index is 1.93. The molecule has 0 bridgehead atoms. The molecule has 0 aliphatic carbocycles. The third kappa shape index (κ3) is 1.80. The Morgan fingerprint density at radius 1 is 1.29 bits per heavy atom. The molecule has 2 heterocycles. The van der Waals surface area contributed by atoms with Crippen LogP contribution in [0.1, 0.15) is 44.7 Å². The van der Waals surface area contributed by atoms with Crippen LogP contribution in [0, 0.1) is 0 Å². The molecule has 2 nitrogen and oxygen atoms in total. The van der Waals surface area contributed by atoms with Crippen molar-refractivity contribution in [2.75, 3.05) is 6.61 Å². The van der Waals surface area contributed by atoms with Gasteiger partial charge in [-0.2, -0.15) is 0 Å². The van der Waals surface area contributed by atoms with E-state index in [2.05, 4.69) is 49.1 Å². The average Bonchev–Trinajstić information content (AvgIpc) is 2.69. The van der Waals surface area contributed by atoms with Gasteiger partial charge in [-0.15, -0.1) is 0 Å². The summed E-state index contributed by atoms with van der Waals surface area (Å²) in [6.45, 7) is 5.43. The van der Waals surface area contributed by atoms with Crippen molar-refractivity contribution in [3.8, 4) is 0 Å². The first kappa shape index (κ1) is 11.2. The standard InChI is InChI=1S/C15H21NO/c1-12-7-6-10-15(2)16(12)14(11-17-15)13-8-4-3-5-9-13/h3-5,8-9,12,14H,6-7,10-11H2,1-2H3/t12-,14+,15+/m1/s1. The molecule has 0 radical (unpaired) electrons. The van der Waals surface area contributed by atoms with Gasteiger partial charge in [0.25, 0.3) is 0 Å². The molecule has 0 aromatic heterocycles. The molecule has 1 aromatic carbocycles. The van der Waals surface area contributed by atoms with E-state index in [1.54, 1.807) is 0 Å². The van der Waals surface area contributed by atoms with Crippen LogP contribution < -0.4 is 0 Å². The highest BCUT2D eigenvalue weighted by atomic mass is 16.5. The zero-order chi connectivity index (χ0) is 11.9. The van der Waals surface area contributed by atoms with Gasteiger partial charge < -0.3 is 4.74 Å². The van der Waals surface area contributed by atoms with Crippen molar-refractivity contribution in [1.29, 1.82) is 0 Å². The summed E-state index contributed by atoms with van der Waals surface area (Å²) in [5, 5.41) is 0. The Morgan fingerprint density at radius 2 is 2.06 bits per heavy atom. The molecule has 0 spiro atoms. The molecule has 2 aliphatic heterocycles. The van der Waals surface area contributed by atoms with Gasteiger partial charge in [0.2, 0.25) is 0 Å². The second kappa shape index (κ2) is 4.11. The topological polar surface area (TPSA) is 12.5 Å². The summed E-state index contributed by atoms with van der Waals surface area (Å²) >= 11 is 0. The number of ether oxygens (including phenoxy) is 1. The Labute approximate surface area is 104 Å². The predicted octanol–water partition coefficient (Wildman–Crippen LogP) is 3.35. The fourth-order valence-corrected chi connectivity index (χ4v) is 3.51. The molecule has 17 heavy (non-hydrogen) atoms. The molecule has 0 saturated carbocycles. The zero-order valence-corrected chi connectivity index (χ0v) is 10.7. The van der Waals surface area contributed by atoms with Crippen LogP contribution in [-0.4, -0.2) is 23.3 Å². The SMILES string of the molecule is C[C@@H]1CCC[C@]2(C)OC[C@@H](c3ccccc3)N12. The second-order valence-electron chi connectivity index (χ2n) is 5.56. The van der Waals surface area contributed by atoms with E-state index in [1.165, 1.54) is 24.8 Å². The van der Waals surface area contributed by atoms with Gasteiger partial charge in [0, 0.05) is 6.04 Å². The van der Waals surface area contributed by atoms with Gasteiger partial charge >= 0.3 is 0 Å². The molecule has 3 atom stereocenters. The van der Waals surface area contributed by atoms with Crippen molar-refractivity contribution in [3.05, 3.63) is 35.9 Å². The van der Waals surface area contributed by atoms with Crippen LogP contribution in [0.15, 0.2) is 30.3 Å². The van der Waals surface area contributed by atoms with Gasteiger partial charge in [0.1, 0.15) is 5.72 Å². The molecule has 1 aromatic rings. The Kier molecular flexibility index (Phi) is 2.72. The lowest BCUT2D eigenvalue weighted by molar-refractivity contribution is -0.112. The van der Waals surface area contributed by atoms with E-state index in [0.29, 0.717) is 12.1 Å². The van der Waals surface area contributed by atoms with Crippen molar-refractivity contribution in [2.45, 2.75) is 50.9 Å². The van der Waals surface area contributed by atoms with E-state index in [-0.39, 0.29) is 5.72 Å². The highest BCUT2D eigenvalue weighted by Crippen LogP contribution is 2.44. The van der Waals surface area contributed by atoms with Crippen molar-refractivity contribution in [1.82, 2.24) is 4.90 Å². The van der Waals surface area contributed by atoms with Gasteiger partial charge in [-0.3, -0.25) is 4.90 Å². The first-order chi connectivity index (χ1) is 8.21. The number of hydrogen-bond acceptors (Lipinski definition) is 2. The highest BCUT2D eigenvalue weighted by molar-refractivity contribution is 5.21. The minimum Gasteiger partial charge on any atom is -0.359 e. The maximum atomic E-state index is 6.11. The molecule has 0 unspecified atom stereocenters. The lowest BCUT2D eigenvalue weighted by atomic mass is 9.92. The summed E-state index contributed by atoms with van der Waals surface area (Å²) in [6, 6.07) is 11.8. The summed E-state index contributed by atoms with van der Waals surface area (Å²) in [4.78, 5) is 2.59. The third-order valence-electron chi connectivity index (χ3n) is 4.36. The molecule has 2 saturated heterocycles. The van der Waals surface area contributed by atoms with Gasteiger partial charge in [0.05, 0.1) is 12.6 Å². The number of rotatable bonds is 1. The van der Waals surface area contributed by atoms with Crippen LogP contribution in [0.25, 0.3) is 0 Å². The number of fused-ring (bicyclic) bond motifs is 1. The number of hydrogen-bond donors (Lipinski definition) is 0. The van der Waals surface area contributed by atoms with Crippen molar-refractivity contribution >= 4 is 0 Å². The van der Waals surface area contributed by atoms with Crippen molar-refractivity contribution in [3.63, 3.8) is 0 Å². The zero-order valence-electron chi connectivity index (χ0n) is 10.7. The van der Waals surface area contributed by atoms with E-state index in [9.17, 15) is 0 Å². The van der Waals surface area contributed by atoms with Crippen LogP contribution >= 0.6 is 0 Å². The first-order valence-electron chi connectivity index (χ1n) is 6.68. The molecule has 0 amide bonds. The monoisotopic (exact) mass is 231 g/mol. The van der Waals surface area contributed by atoms with E-state index in [0.717, 1.165) is 6.61 Å². The van der Waals surface area contributed by atoms with E-state index < -0.39 is 0 Å². The van der Waals surface area contributed by atoms with Gasteiger partial charge in [-0.05, 0) is 38.7 Å². The Hall–Kier alpha value is -0.860. The third-order valence-corrected chi connectivity index (χ3v) is 4.36. The summed E-state index contributed by atoms with van der Waals surface area (Å²) in [5.41, 5.74) is 1.36. The Morgan fingerprint density at radius 3 is 2.82 bits per heavy atom. The summed E-state index contributed by atoms with van der Waals surface area (Å²) in [6.07, 6.45) is 3.75. The van der Waals surface area contributed by atoms with E-state index in [1.807, 2.05) is 0 Å². The largest absolute Gasteiger partial charge is 0.359 e. The van der Waals surface area contributed by atoms with E-state index in [4.69, 9.17) is 4.74 Å². The molecule has 3 rings (SSSR count). The van der Waals surface area contributed by atoms with Gasteiger partial charge in [-0.25, -0.2) is 0 Å². The molecular formula is C15H21NO. The van der Waals surface area contributed by atoms with Crippen LogP contribution in [-0.2, 0) is 4.74 Å². The molecular weight excluding hydrogens is 210 g/mol. The molecule has 0 N–H and O–H groups in total. The fourth-order valence-electron chi connectivity index (χ4n) is 3.51. The normalized spacial score (nSPS) is 38.0. The number of nitrogens with zero attached hydrogens (tertiary/aromatic N) is 1. The minimum atomic E-state index is -0.0296. The van der Waals surface area contributed by atoms with Crippen LogP contribution in [0.2, 0.25) is 0 Å².